The first-order valence-corrected chi connectivity index (χ1v) is 8.96. The number of benzene rings is 2. The number of phenols is 1. The van der Waals surface area contributed by atoms with Crippen molar-refractivity contribution in [2.24, 2.45) is 0 Å². The number of aromatic hydroxyl groups is 1. The molecule has 0 radical (unpaired) electrons. The summed E-state index contributed by atoms with van der Waals surface area (Å²) in [7, 11) is 0. The van der Waals surface area contributed by atoms with Crippen molar-refractivity contribution in [3.63, 3.8) is 0 Å². The second-order valence-corrected chi connectivity index (χ2v) is 7.02. The molecular weight excluding hydrogens is 408 g/mol. The molecule has 1 aliphatic rings. The smallest absolute Gasteiger partial charge is 0.257 e. The average Bonchev–Trinajstić information content (AvgIpc) is 2.63. The summed E-state index contributed by atoms with van der Waals surface area (Å²) in [6.07, 6.45) is 0. The lowest BCUT2D eigenvalue weighted by Crippen LogP contribution is -2.50. The number of carbonyl (C=O) groups is 2. The third-order valence-electron chi connectivity index (χ3n) is 4.15. The number of amides is 2. The highest BCUT2D eigenvalue weighted by Gasteiger charge is 2.27. The number of piperazine rings is 1. The van der Waals surface area contributed by atoms with Crippen LogP contribution in [0.25, 0.3) is 0 Å². The molecule has 2 amide bonds. The van der Waals surface area contributed by atoms with Crippen LogP contribution in [0.4, 0.5) is 0 Å². The Balaban J connectivity index is 1.68. The zero-order chi connectivity index (χ0) is 18.0. The monoisotopic (exact) mass is 422 g/mol. The lowest BCUT2D eigenvalue weighted by atomic mass is 10.1. The van der Waals surface area contributed by atoms with Crippen molar-refractivity contribution in [3.05, 3.63) is 63.1 Å². The van der Waals surface area contributed by atoms with Gasteiger partial charge in [0.15, 0.2) is 0 Å². The zero-order valence-corrected chi connectivity index (χ0v) is 15.6. The van der Waals surface area contributed by atoms with Gasteiger partial charge in [0.25, 0.3) is 11.8 Å². The highest BCUT2D eigenvalue weighted by molar-refractivity contribution is 9.10. The lowest BCUT2D eigenvalue weighted by molar-refractivity contribution is 0.0533. The van der Waals surface area contributed by atoms with E-state index < -0.39 is 0 Å². The van der Waals surface area contributed by atoms with E-state index in [0.717, 1.165) is 0 Å². The number of hydrogen-bond donors (Lipinski definition) is 1. The lowest BCUT2D eigenvalue weighted by Gasteiger charge is -2.35. The molecule has 0 unspecified atom stereocenters. The van der Waals surface area contributed by atoms with Crippen molar-refractivity contribution in [2.45, 2.75) is 0 Å². The molecule has 25 heavy (non-hydrogen) atoms. The van der Waals surface area contributed by atoms with Crippen molar-refractivity contribution in [1.29, 1.82) is 0 Å². The minimum absolute atomic E-state index is 0.0335. The van der Waals surface area contributed by atoms with Gasteiger partial charge in [-0.1, -0.05) is 23.7 Å². The molecule has 0 aliphatic carbocycles. The van der Waals surface area contributed by atoms with Gasteiger partial charge in [-0.05, 0) is 46.3 Å². The van der Waals surface area contributed by atoms with E-state index >= 15 is 0 Å². The van der Waals surface area contributed by atoms with Crippen LogP contribution in [0, 0.1) is 0 Å². The van der Waals surface area contributed by atoms with E-state index in [1.54, 1.807) is 46.2 Å². The Hall–Kier alpha value is -2.05. The van der Waals surface area contributed by atoms with Crippen molar-refractivity contribution < 1.29 is 14.7 Å². The predicted octanol–water partition coefficient (Wildman–Crippen LogP) is 3.41. The molecule has 1 saturated heterocycles. The summed E-state index contributed by atoms with van der Waals surface area (Å²) in [4.78, 5) is 28.5. The fraction of sp³-hybridized carbons (Fsp3) is 0.222. The van der Waals surface area contributed by atoms with Crippen LogP contribution >= 0.6 is 27.5 Å². The fourth-order valence-corrected chi connectivity index (χ4v) is 3.36. The maximum absolute atomic E-state index is 12.7. The van der Waals surface area contributed by atoms with Gasteiger partial charge in [0.1, 0.15) is 5.75 Å². The minimum atomic E-state index is -0.228. The standard InChI is InChI=1S/C18H16BrClN2O3/c19-15-6-5-12(20)11-14(15)18(25)22-9-7-21(8-10-22)17(24)13-3-1-2-4-16(13)23/h1-6,11,23H,7-10H2. The Morgan fingerprint density at radius 1 is 0.920 bits per heavy atom. The summed E-state index contributed by atoms with van der Waals surface area (Å²) in [6, 6.07) is 11.6. The van der Waals surface area contributed by atoms with E-state index in [4.69, 9.17) is 11.6 Å². The van der Waals surface area contributed by atoms with Crippen molar-refractivity contribution in [2.75, 3.05) is 26.2 Å². The van der Waals surface area contributed by atoms with Gasteiger partial charge >= 0.3 is 0 Å². The second kappa shape index (κ2) is 7.45. The van der Waals surface area contributed by atoms with Crippen molar-refractivity contribution >= 4 is 39.3 Å². The maximum Gasteiger partial charge on any atom is 0.257 e. The number of halogens is 2. The van der Waals surface area contributed by atoms with E-state index in [9.17, 15) is 14.7 Å². The molecule has 0 bridgehead atoms. The zero-order valence-electron chi connectivity index (χ0n) is 13.3. The van der Waals surface area contributed by atoms with E-state index in [2.05, 4.69) is 15.9 Å². The Bertz CT molecular complexity index is 820. The van der Waals surface area contributed by atoms with Crippen LogP contribution in [0.15, 0.2) is 46.9 Å². The van der Waals surface area contributed by atoms with Crippen LogP contribution in [0.3, 0.4) is 0 Å². The molecule has 0 aromatic heterocycles. The molecular formula is C18H16BrClN2O3. The maximum atomic E-state index is 12.7. The van der Waals surface area contributed by atoms with Crippen molar-refractivity contribution in [1.82, 2.24) is 9.80 Å². The van der Waals surface area contributed by atoms with E-state index in [-0.39, 0.29) is 23.1 Å². The van der Waals surface area contributed by atoms with Crippen LogP contribution in [0.5, 0.6) is 5.75 Å². The number of nitrogens with zero attached hydrogens (tertiary/aromatic N) is 2. The van der Waals surface area contributed by atoms with Gasteiger partial charge < -0.3 is 14.9 Å². The predicted molar refractivity (Wildman–Crippen MR) is 99.1 cm³/mol. The van der Waals surface area contributed by atoms with Gasteiger partial charge in [-0.2, -0.15) is 0 Å². The third-order valence-corrected chi connectivity index (χ3v) is 5.07. The Morgan fingerprint density at radius 2 is 1.48 bits per heavy atom. The third kappa shape index (κ3) is 3.80. The Morgan fingerprint density at radius 3 is 2.08 bits per heavy atom. The van der Waals surface area contributed by atoms with Gasteiger partial charge in [0, 0.05) is 35.7 Å². The summed E-state index contributed by atoms with van der Waals surface area (Å²) >= 11 is 9.35. The molecule has 0 atom stereocenters. The first-order valence-electron chi connectivity index (χ1n) is 7.79. The average molecular weight is 424 g/mol. The number of para-hydroxylation sites is 1. The molecule has 130 valence electrons. The molecule has 0 spiro atoms. The molecule has 2 aromatic carbocycles. The molecule has 3 rings (SSSR count). The van der Waals surface area contributed by atoms with Gasteiger partial charge in [-0.15, -0.1) is 0 Å². The van der Waals surface area contributed by atoms with Gasteiger partial charge in [-0.3, -0.25) is 9.59 Å². The van der Waals surface area contributed by atoms with Gasteiger partial charge in [0.2, 0.25) is 0 Å². The van der Waals surface area contributed by atoms with Crippen LogP contribution in [0.2, 0.25) is 5.02 Å². The normalized spacial score (nSPS) is 14.5. The summed E-state index contributed by atoms with van der Waals surface area (Å²) in [6.45, 7) is 1.68. The largest absolute Gasteiger partial charge is 0.507 e. The number of hydrogen-bond acceptors (Lipinski definition) is 3. The number of rotatable bonds is 2. The first-order chi connectivity index (χ1) is 12.0. The summed E-state index contributed by atoms with van der Waals surface area (Å²) in [5.74, 6) is -0.382. The highest BCUT2D eigenvalue weighted by atomic mass is 79.9. The first kappa shape index (κ1) is 17.8. The highest BCUT2D eigenvalue weighted by Crippen LogP contribution is 2.24. The topological polar surface area (TPSA) is 60.9 Å². The van der Waals surface area contributed by atoms with Gasteiger partial charge in [-0.25, -0.2) is 0 Å². The summed E-state index contributed by atoms with van der Waals surface area (Å²) in [5.41, 5.74) is 0.785. The minimum Gasteiger partial charge on any atom is -0.507 e. The molecule has 2 aromatic rings. The molecule has 1 heterocycles. The van der Waals surface area contributed by atoms with E-state index in [0.29, 0.717) is 41.2 Å². The number of phenolic OH excluding ortho intramolecular Hbond substituents is 1. The molecule has 0 saturated carbocycles. The van der Waals surface area contributed by atoms with Gasteiger partial charge in [0.05, 0.1) is 11.1 Å². The second-order valence-electron chi connectivity index (χ2n) is 5.73. The summed E-state index contributed by atoms with van der Waals surface area (Å²) in [5, 5.41) is 10.3. The molecule has 7 heteroatoms. The van der Waals surface area contributed by atoms with Crippen LogP contribution < -0.4 is 0 Å². The van der Waals surface area contributed by atoms with Crippen LogP contribution in [-0.2, 0) is 0 Å². The quantitative estimate of drug-likeness (QED) is 0.805. The van der Waals surface area contributed by atoms with E-state index in [1.165, 1.54) is 6.07 Å². The Kier molecular flexibility index (Phi) is 5.30. The Labute approximate surface area is 158 Å². The molecule has 1 N–H and O–H groups in total. The van der Waals surface area contributed by atoms with Crippen molar-refractivity contribution in [3.8, 4) is 5.75 Å². The number of carbonyl (C=O) groups excluding carboxylic acids is 2. The molecule has 1 fully saturated rings. The van der Waals surface area contributed by atoms with Crippen LogP contribution in [-0.4, -0.2) is 52.9 Å². The molecule has 5 nitrogen and oxygen atoms in total. The fourth-order valence-electron chi connectivity index (χ4n) is 2.77. The summed E-state index contributed by atoms with van der Waals surface area (Å²) < 4.78 is 0.689. The van der Waals surface area contributed by atoms with E-state index in [1.807, 2.05) is 0 Å². The SMILES string of the molecule is O=C(c1ccccc1O)N1CCN(C(=O)c2cc(Cl)ccc2Br)CC1. The molecule has 1 aliphatic heterocycles. The van der Waals surface area contributed by atoms with Crippen LogP contribution in [0.1, 0.15) is 20.7 Å².